The van der Waals surface area contributed by atoms with E-state index in [0.29, 0.717) is 19.8 Å². The van der Waals surface area contributed by atoms with Crippen LogP contribution in [0.25, 0.3) is 0 Å². The fourth-order valence-corrected chi connectivity index (χ4v) is 7.56. The smallest absolute Gasteiger partial charge is 0.308 e. The third-order valence-electron chi connectivity index (χ3n) is 11.2. The number of hydrogen-bond acceptors (Lipinski definition) is 7. The quantitative estimate of drug-likeness (QED) is 0.0449. The van der Waals surface area contributed by atoms with Crippen LogP contribution in [0.2, 0.25) is 0 Å². The number of carbonyl (C=O) groups excluding carboxylic acids is 2. The summed E-state index contributed by atoms with van der Waals surface area (Å²) in [5.74, 6) is 0.256. The molecule has 0 aliphatic rings. The standard InChI is InChI=1S/C49H97NO6/c1-7-11-15-19-21-29-37-45(35-27-17-13-9-3)48(51)55-41-33-24-23-31-39-53-44-47(43-50(5)6)54-40-32-25-26-34-42-56-49(52)46(36-28-18-14-10-4)38-30-22-20-16-12-8-2/h45-47H,7-44H2,1-6H3. The maximum atomic E-state index is 12.9. The molecule has 0 bridgehead atoms. The molecule has 334 valence electrons. The van der Waals surface area contributed by atoms with Crippen molar-refractivity contribution in [2.75, 3.05) is 53.7 Å². The van der Waals surface area contributed by atoms with Crippen molar-refractivity contribution < 1.29 is 28.5 Å². The summed E-state index contributed by atoms with van der Waals surface area (Å²) in [6.45, 7) is 13.0. The van der Waals surface area contributed by atoms with Gasteiger partial charge in [-0.05, 0) is 78.3 Å². The maximum absolute atomic E-state index is 12.9. The lowest BCUT2D eigenvalue weighted by atomic mass is 9.94. The Kier molecular flexibility index (Phi) is 42.5. The Morgan fingerprint density at radius 2 is 0.732 bits per heavy atom. The first-order valence-corrected chi connectivity index (χ1v) is 24.6. The van der Waals surface area contributed by atoms with Gasteiger partial charge < -0.3 is 23.8 Å². The highest BCUT2D eigenvalue weighted by Gasteiger charge is 2.20. The second-order valence-corrected chi connectivity index (χ2v) is 17.2. The zero-order chi connectivity index (χ0) is 41.2. The predicted molar refractivity (Wildman–Crippen MR) is 238 cm³/mol. The Hall–Kier alpha value is -1.18. The Labute approximate surface area is 349 Å². The van der Waals surface area contributed by atoms with Gasteiger partial charge in [-0.1, -0.05) is 169 Å². The molecular formula is C49H97NO6. The van der Waals surface area contributed by atoms with E-state index in [-0.39, 0.29) is 29.9 Å². The highest BCUT2D eigenvalue weighted by atomic mass is 16.5. The molecule has 7 nitrogen and oxygen atoms in total. The van der Waals surface area contributed by atoms with Crippen molar-refractivity contribution >= 4 is 11.9 Å². The van der Waals surface area contributed by atoms with Crippen LogP contribution in [0.5, 0.6) is 0 Å². The van der Waals surface area contributed by atoms with Crippen LogP contribution in [0, 0.1) is 11.8 Å². The normalized spacial score (nSPS) is 13.3. The van der Waals surface area contributed by atoms with E-state index in [0.717, 1.165) is 122 Å². The first-order chi connectivity index (χ1) is 27.4. The van der Waals surface area contributed by atoms with E-state index in [1.807, 2.05) is 0 Å². The molecule has 7 heteroatoms. The number of rotatable bonds is 45. The molecule has 56 heavy (non-hydrogen) atoms. The van der Waals surface area contributed by atoms with Gasteiger partial charge in [0, 0.05) is 19.8 Å². The van der Waals surface area contributed by atoms with Gasteiger partial charge in [0.05, 0.1) is 37.8 Å². The number of carbonyl (C=O) groups is 2. The van der Waals surface area contributed by atoms with Crippen LogP contribution >= 0.6 is 0 Å². The fraction of sp³-hybridized carbons (Fsp3) is 0.959. The Morgan fingerprint density at radius 3 is 1.12 bits per heavy atom. The minimum Gasteiger partial charge on any atom is -0.465 e. The number of nitrogens with zero attached hydrogens (tertiary/aromatic N) is 1. The summed E-state index contributed by atoms with van der Waals surface area (Å²) in [7, 11) is 4.16. The number of esters is 2. The molecule has 0 aromatic rings. The van der Waals surface area contributed by atoms with E-state index in [2.05, 4.69) is 46.7 Å². The van der Waals surface area contributed by atoms with Gasteiger partial charge in [0.1, 0.15) is 0 Å². The monoisotopic (exact) mass is 796 g/mol. The van der Waals surface area contributed by atoms with Crippen molar-refractivity contribution in [2.45, 2.75) is 239 Å². The number of hydrogen-bond donors (Lipinski definition) is 0. The largest absolute Gasteiger partial charge is 0.465 e. The highest BCUT2D eigenvalue weighted by Crippen LogP contribution is 2.22. The number of likely N-dealkylation sites (N-methyl/N-ethyl adjacent to an activating group) is 1. The lowest BCUT2D eigenvalue weighted by Crippen LogP contribution is -2.32. The summed E-state index contributed by atoms with van der Waals surface area (Å²) in [5, 5.41) is 0. The third-order valence-corrected chi connectivity index (χ3v) is 11.2. The summed E-state index contributed by atoms with van der Waals surface area (Å²) in [6.07, 6.45) is 37.1. The molecule has 0 aromatic heterocycles. The van der Waals surface area contributed by atoms with E-state index in [4.69, 9.17) is 18.9 Å². The van der Waals surface area contributed by atoms with Crippen molar-refractivity contribution in [3.8, 4) is 0 Å². The molecule has 3 unspecified atom stereocenters. The Balaban J connectivity index is 4.17. The van der Waals surface area contributed by atoms with E-state index in [1.165, 1.54) is 103 Å². The van der Waals surface area contributed by atoms with Crippen molar-refractivity contribution in [3.63, 3.8) is 0 Å². The minimum absolute atomic E-state index is 0.0428. The van der Waals surface area contributed by atoms with Gasteiger partial charge in [0.2, 0.25) is 0 Å². The second kappa shape index (κ2) is 43.4. The Bertz CT molecular complexity index is 822. The van der Waals surface area contributed by atoms with Gasteiger partial charge in [-0.3, -0.25) is 9.59 Å². The molecule has 0 aliphatic heterocycles. The molecule has 0 N–H and O–H groups in total. The van der Waals surface area contributed by atoms with Gasteiger partial charge in [-0.15, -0.1) is 0 Å². The average molecular weight is 796 g/mol. The van der Waals surface area contributed by atoms with Gasteiger partial charge in [-0.25, -0.2) is 0 Å². The molecule has 0 heterocycles. The van der Waals surface area contributed by atoms with Crippen LogP contribution < -0.4 is 0 Å². The predicted octanol–water partition coefficient (Wildman–Crippen LogP) is 13.8. The molecule has 0 amide bonds. The average Bonchev–Trinajstić information content (AvgIpc) is 3.18. The summed E-state index contributed by atoms with van der Waals surface area (Å²) in [5.41, 5.74) is 0. The van der Waals surface area contributed by atoms with Crippen LogP contribution in [-0.2, 0) is 28.5 Å². The van der Waals surface area contributed by atoms with Crippen LogP contribution in [-0.4, -0.2) is 76.6 Å². The summed E-state index contributed by atoms with van der Waals surface area (Å²) in [4.78, 5) is 28.0. The lowest BCUT2D eigenvalue weighted by molar-refractivity contribution is -0.150. The first kappa shape index (κ1) is 54.8. The van der Waals surface area contributed by atoms with Gasteiger partial charge in [0.15, 0.2) is 0 Å². The number of unbranched alkanes of at least 4 members (excludes halogenated alkanes) is 22. The molecule has 3 atom stereocenters. The Morgan fingerprint density at radius 1 is 0.411 bits per heavy atom. The van der Waals surface area contributed by atoms with Gasteiger partial charge in [-0.2, -0.15) is 0 Å². The van der Waals surface area contributed by atoms with Gasteiger partial charge >= 0.3 is 11.9 Å². The van der Waals surface area contributed by atoms with E-state index < -0.39 is 0 Å². The van der Waals surface area contributed by atoms with Gasteiger partial charge in [0.25, 0.3) is 0 Å². The van der Waals surface area contributed by atoms with Crippen LogP contribution in [0.4, 0.5) is 0 Å². The molecule has 0 radical (unpaired) electrons. The minimum atomic E-state index is 0.0428. The highest BCUT2D eigenvalue weighted by molar-refractivity contribution is 5.72. The van der Waals surface area contributed by atoms with E-state index in [1.54, 1.807) is 0 Å². The van der Waals surface area contributed by atoms with Crippen molar-refractivity contribution in [1.29, 1.82) is 0 Å². The second-order valence-electron chi connectivity index (χ2n) is 17.2. The lowest BCUT2D eigenvalue weighted by Gasteiger charge is -2.21. The van der Waals surface area contributed by atoms with Crippen molar-refractivity contribution in [2.24, 2.45) is 11.8 Å². The van der Waals surface area contributed by atoms with E-state index >= 15 is 0 Å². The maximum Gasteiger partial charge on any atom is 0.308 e. The van der Waals surface area contributed by atoms with Crippen molar-refractivity contribution in [1.82, 2.24) is 4.90 Å². The summed E-state index contributed by atoms with van der Waals surface area (Å²) < 4.78 is 23.8. The zero-order valence-corrected chi connectivity index (χ0v) is 38.5. The first-order valence-electron chi connectivity index (χ1n) is 24.6. The molecule has 0 aromatic carbocycles. The summed E-state index contributed by atoms with van der Waals surface area (Å²) in [6, 6.07) is 0. The van der Waals surface area contributed by atoms with Crippen LogP contribution in [0.3, 0.4) is 0 Å². The number of ether oxygens (including phenoxy) is 4. The molecule has 0 saturated heterocycles. The molecule has 0 aliphatic carbocycles. The topological polar surface area (TPSA) is 74.3 Å². The van der Waals surface area contributed by atoms with Crippen LogP contribution in [0.15, 0.2) is 0 Å². The fourth-order valence-electron chi connectivity index (χ4n) is 7.56. The molecule has 0 fully saturated rings. The molecular weight excluding hydrogens is 699 g/mol. The third kappa shape index (κ3) is 37.1. The zero-order valence-electron chi connectivity index (χ0n) is 38.5. The van der Waals surface area contributed by atoms with E-state index in [9.17, 15) is 9.59 Å². The molecule has 0 rings (SSSR count). The van der Waals surface area contributed by atoms with Crippen molar-refractivity contribution in [3.05, 3.63) is 0 Å². The SMILES string of the molecule is CCCCCCCCC(CCCCCC)C(=O)OCCCCCCOCC(CN(C)C)OCCCCCCOC(=O)C(CCCCCC)CCCCCCCC. The molecule has 0 saturated carbocycles. The van der Waals surface area contributed by atoms with Crippen LogP contribution in [0.1, 0.15) is 233 Å². The summed E-state index contributed by atoms with van der Waals surface area (Å²) >= 11 is 0. The molecule has 0 spiro atoms.